The van der Waals surface area contributed by atoms with Gasteiger partial charge in [0, 0.05) is 31.1 Å². The SMILES string of the molecule is CC[Si](CC)(CC)OC1=C2C(C)[C@@H](O)C[C@@](O)([C@@H](OC(=O)c3ccccc3)C3[C@](C)(C1=O)[C@@H](O[Si](CC)(CC)CC)C[C@H]1OC[C@@]31OC(C)=O)C2(C)C. The third kappa shape index (κ3) is 6.40. The quantitative estimate of drug-likeness (QED) is 0.155. The lowest BCUT2D eigenvalue weighted by Crippen LogP contribution is -2.81. The number of aliphatic hydroxyl groups excluding tert-OH is 1. The van der Waals surface area contributed by atoms with E-state index >= 15 is 4.79 Å². The molecule has 5 rings (SSSR count). The topological polar surface area (TPSA) is 138 Å². The van der Waals surface area contributed by atoms with Gasteiger partial charge in [0.15, 0.2) is 13.9 Å². The van der Waals surface area contributed by atoms with E-state index in [4.69, 9.17) is 23.1 Å². The third-order valence-corrected chi connectivity index (χ3v) is 23.7. The summed E-state index contributed by atoms with van der Waals surface area (Å²) in [5.41, 5.74) is -5.41. The number of fused-ring (bicyclic) bond motifs is 5. The molecule has 2 bridgehead atoms. The summed E-state index contributed by atoms with van der Waals surface area (Å²) in [6, 6.07) is 13.3. The molecule has 12 heteroatoms. The smallest absolute Gasteiger partial charge is 0.338 e. The largest absolute Gasteiger partial charge is 0.541 e. The summed E-state index contributed by atoms with van der Waals surface area (Å²) in [5, 5.41) is 25.5. The van der Waals surface area contributed by atoms with Crippen LogP contribution in [0.3, 0.4) is 0 Å². The molecule has 296 valence electrons. The van der Waals surface area contributed by atoms with Gasteiger partial charge in [0.2, 0.25) is 5.78 Å². The Bertz CT molecular complexity index is 1550. The Morgan fingerprint density at radius 1 is 0.925 bits per heavy atom. The van der Waals surface area contributed by atoms with E-state index in [1.54, 1.807) is 30.3 Å². The van der Waals surface area contributed by atoms with Gasteiger partial charge in [-0.2, -0.15) is 0 Å². The highest BCUT2D eigenvalue weighted by Crippen LogP contribution is 2.65. The van der Waals surface area contributed by atoms with Crippen molar-refractivity contribution in [1.29, 1.82) is 0 Å². The molecule has 0 spiro atoms. The fraction of sp³-hybridized carbons (Fsp3) is 0.732. The minimum atomic E-state index is -2.58. The Morgan fingerprint density at radius 3 is 1.98 bits per heavy atom. The van der Waals surface area contributed by atoms with E-state index < -0.39 is 86.9 Å². The zero-order valence-corrected chi connectivity index (χ0v) is 35.9. The van der Waals surface area contributed by atoms with Crippen LogP contribution in [0.2, 0.25) is 36.3 Å². The van der Waals surface area contributed by atoms with Crippen molar-refractivity contribution >= 4 is 34.4 Å². The Morgan fingerprint density at radius 2 is 1.49 bits per heavy atom. The van der Waals surface area contributed by atoms with Crippen molar-refractivity contribution in [3.05, 3.63) is 47.2 Å². The molecule has 2 saturated carbocycles. The second-order valence-corrected chi connectivity index (χ2v) is 26.3. The highest BCUT2D eigenvalue weighted by Gasteiger charge is 2.78. The molecule has 1 saturated heterocycles. The lowest BCUT2D eigenvalue weighted by atomic mass is 9.45. The first-order chi connectivity index (χ1) is 24.9. The van der Waals surface area contributed by atoms with E-state index in [1.807, 2.05) is 27.7 Å². The zero-order valence-electron chi connectivity index (χ0n) is 33.9. The number of ketones is 1. The summed E-state index contributed by atoms with van der Waals surface area (Å²) in [6.45, 7) is 21.4. The standard InChI is InChI=1S/C41H64O10Si2/c1-12-52(13-2,14-3)50-30-23-31-40(25-47-31,49-27(8)42)34-36(48-37(45)28-21-19-18-20-22-28)41(46)24-29(43)26(7)32(38(41,9)10)33(35(44)39(30,34)11)51-53(15-4,16-5)17-6/h18-22,26,29-31,34,36,43,46H,12-17,23-25H2,1-11H3/t26?,29-,30-,31+,34?,36-,39+,40-,41+/m0/s1. The summed E-state index contributed by atoms with van der Waals surface area (Å²) in [5.74, 6) is -3.12. The van der Waals surface area contributed by atoms with Crippen LogP contribution in [0.1, 0.15) is 99.4 Å². The molecule has 2 unspecified atom stereocenters. The number of ether oxygens (including phenoxy) is 3. The minimum Gasteiger partial charge on any atom is -0.541 e. The van der Waals surface area contributed by atoms with Crippen molar-refractivity contribution in [1.82, 2.24) is 0 Å². The zero-order chi connectivity index (χ0) is 39.4. The predicted octanol–water partition coefficient (Wildman–Crippen LogP) is 7.35. The Balaban J connectivity index is 1.93. The Hall–Kier alpha value is -2.36. The molecule has 53 heavy (non-hydrogen) atoms. The molecule has 3 fully saturated rings. The average Bonchev–Trinajstić information content (AvgIpc) is 3.13. The van der Waals surface area contributed by atoms with E-state index in [0.717, 1.165) is 36.3 Å². The van der Waals surface area contributed by atoms with Gasteiger partial charge in [-0.05, 0) is 60.9 Å². The van der Waals surface area contributed by atoms with Crippen LogP contribution < -0.4 is 0 Å². The highest BCUT2D eigenvalue weighted by molar-refractivity contribution is 6.74. The highest BCUT2D eigenvalue weighted by atomic mass is 28.4. The fourth-order valence-corrected chi connectivity index (χ4v) is 15.9. The first kappa shape index (κ1) is 41.8. The summed E-state index contributed by atoms with van der Waals surface area (Å²) < 4.78 is 33.9. The maximum Gasteiger partial charge on any atom is 0.338 e. The third-order valence-electron chi connectivity index (χ3n) is 14.5. The van der Waals surface area contributed by atoms with Crippen LogP contribution in [-0.4, -0.2) is 86.8 Å². The summed E-state index contributed by atoms with van der Waals surface area (Å²) >= 11 is 0. The van der Waals surface area contributed by atoms with Gasteiger partial charge in [0.1, 0.15) is 23.6 Å². The summed E-state index contributed by atoms with van der Waals surface area (Å²) in [7, 11) is -5.02. The molecular weight excluding hydrogens is 709 g/mol. The fourth-order valence-electron chi connectivity index (χ4n) is 10.4. The van der Waals surface area contributed by atoms with E-state index in [0.29, 0.717) is 5.57 Å². The molecule has 2 N–H and O–H groups in total. The number of benzene rings is 1. The number of hydrogen-bond acceptors (Lipinski definition) is 10. The normalized spacial score (nSPS) is 35.2. The molecule has 9 atom stereocenters. The Labute approximate surface area is 318 Å². The first-order valence-electron chi connectivity index (χ1n) is 20.0. The van der Waals surface area contributed by atoms with Gasteiger partial charge in [-0.3, -0.25) is 9.59 Å². The molecule has 3 aliphatic carbocycles. The van der Waals surface area contributed by atoms with Crippen LogP contribution in [0, 0.1) is 22.7 Å². The molecule has 1 aromatic carbocycles. The molecule has 10 nitrogen and oxygen atoms in total. The number of carbonyl (C=O) groups is 3. The predicted molar refractivity (Wildman–Crippen MR) is 207 cm³/mol. The monoisotopic (exact) mass is 772 g/mol. The van der Waals surface area contributed by atoms with Crippen molar-refractivity contribution in [2.75, 3.05) is 6.61 Å². The van der Waals surface area contributed by atoms with Crippen LogP contribution >= 0.6 is 0 Å². The second kappa shape index (κ2) is 14.9. The van der Waals surface area contributed by atoms with Gasteiger partial charge >= 0.3 is 11.9 Å². The molecule has 1 aliphatic heterocycles. The van der Waals surface area contributed by atoms with Gasteiger partial charge in [0.05, 0.1) is 35.7 Å². The lowest BCUT2D eigenvalue weighted by Gasteiger charge is -2.68. The molecule has 4 aliphatic rings. The first-order valence-corrected chi connectivity index (χ1v) is 25.1. The molecular formula is C41H64O10Si2. The van der Waals surface area contributed by atoms with E-state index in [9.17, 15) is 19.8 Å². The van der Waals surface area contributed by atoms with Gasteiger partial charge < -0.3 is 33.3 Å². The second-order valence-electron chi connectivity index (χ2n) is 16.9. The molecule has 1 heterocycles. The maximum absolute atomic E-state index is 16.3. The van der Waals surface area contributed by atoms with Crippen molar-refractivity contribution in [3.63, 3.8) is 0 Å². The van der Waals surface area contributed by atoms with Crippen LogP contribution in [0.4, 0.5) is 0 Å². The van der Waals surface area contributed by atoms with Gasteiger partial charge in [-0.1, -0.05) is 80.5 Å². The molecule has 0 amide bonds. The molecule has 0 radical (unpaired) electrons. The van der Waals surface area contributed by atoms with Crippen LogP contribution in [0.25, 0.3) is 0 Å². The number of aliphatic hydroxyl groups is 2. The average molecular weight is 773 g/mol. The number of allylic oxidation sites excluding steroid dienone is 1. The number of esters is 2. The van der Waals surface area contributed by atoms with Crippen molar-refractivity contribution in [2.24, 2.45) is 22.7 Å². The molecule has 1 aromatic rings. The minimum absolute atomic E-state index is 0.0609. The number of carbonyl (C=O) groups excluding carboxylic acids is 3. The van der Waals surface area contributed by atoms with E-state index in [-0.39, 0.29) is 36.6 Å². The van der Waals surface area contributed by atoms with Crippen LogP contribution in [0.15, 0.2) is 41.7 Å². The van der Waals surface area contributed by atoms with Crippen LogP contribution in [-0.2, 0) is 32.7 Å². The lowest BCUT2D eigenvalue weighted by molar-refractivity contribution is -0.344. The summed E-state index contributed by atoms with van der Waals surface area (Å²) in [4.78, 5) is 43.8. The number of hydrogen-bond donors (Lipinski definition) is 2. The molecule has 0 aromatic heterocycles. The van der Waals surface area contributed by atoms with E-state index in [1.165, 1.54) is 6.92 Å². The van der Waals surface area contributed by atoms with Crippen molar-refractivity contribution < 1.29 is 47.7 Å². The Kier molecular flexibility index (Phi) is 11.8. The van der Waals surface area contributed by atoms with Crippen LogP contribution in [0.5, 0.6) is 0 Å². The van der Waals surface area contributed by atoms with Gasteiger partial charge in [-0.25, -0.2) is 4.79 Å². The number of Topliss-reactive ketones (excluding diaryl/α,β-unsaturated/α-hetero) is 1. The maximum atomic E-state index is 16.3. The number of rotatable bonds is 13. The van der Waals surface area contributed by atoms with E-state index in [2.05, 4.69) is 41.5 Å². The van der Waals surface area contributed by atoms with Crippen molar-refractivity contribution in [3.8, 4) is 0 Å². The van der Waals surface area contributed by atoms with Crippen molar-refractivity contribution in [2.45, 2.75) is 161 Å². The van der Waals surface area contributed by atoms with Gasteiger partial charge in [0.25, 0.3) is 8.32 Å². The van der Waals surface area contributed by atoms with Gasteiger partial charge in [-0.15, -0.1) is 0 Å². The summed E-state index contributed by atoms with van der Waals surface area (Å²) in [6.07, 6.45) is -3.88.